The van der Waals surface area contributed by atoms with E-state index in [1.54, 1.807) is 0 Å². The van der Waals surface area contributed by atoms with Gasteiger partial charge in [-0.15, -0.1) is 0 Å². The maximum absolute atomic E-state index is 8.65. The number of hydrogen-bond donors (Lipinski definition) is 0. The van der Waals surface area contributed by atoms with E-state index in [4.69, 9.17) is 20.2 Å². The van der Waals surface area contributed by atoms with E-state index in [0.717, 1.165) is 0 Å². The third-order valence-corrected chi connectivity index (χ3v) is 1.40. The van der Waals surface area contributed by atoms with Crippen LogP contribution in [0, 0.1) is 11.3 Å². The van der Waals surface area contributed by atoms with Crippen LogP contribution in [-0.4, -0.2) is 12.7 Å². The summed E-state index contributed by atoms with van der Waals surface area (Å²) in [4.78, 5) is 0. The van der Waals surface area contributed by atoms with E-state index in [1.807, 2.05) is 6.07 Å². The second-order valence-electron chi connectivity index (χ2n) is 2.20. The SMILES string of the molecule is [2H]c1c([2H])c([2H])c2c(c1[2H])OCC(C#N)O2. The molecule has 1 unspecified atom stereocenters. The van der Waals surface area contributed by atoms with Crippen LogP contribution in [0.5, 0.6) is 11.5 Å². The lowest BCUT2D eigenvalue weighted by atomic mass is 10.3. The zero-order chi connectivity index (χ0) is 11.9. The van der Waals surface area contributed by atoms with Crippen molar-refractivity contribution in [1.29, 1.82) is 5.26 Å². The standard InChI is InChI=1S/C9H7NO2/c10-5-7-6-11-8-3-1-2-4-9(8)12-7/h1-4,7H,6H2/i1D,2D,3D,4D. The normalized spacial score (nSPS) is 24.4. The molecule has 0 aliphatic carbocycles. The summed E-state index contributed by atoms with van der Waals surface area (Å²) >= 11 is 0. The first kappa shape index (κ1) is 3.81. The van der Waals surface area contributed by atoms with Gasteiger partial charge >= 0.3 is 0 Å². The highest BCUT2D eigenvalue weighted by Crippen LogP contribution is 2.30. The Balaban J connectivity index is 2.61. The Morgan fingerprint density at radius 1 is 1.50 bits per heavy atom. The van der Waals surface area contributed by atoms with E-state index >= 15 is 0 Å². The number of hydrogen-bond acceptors (Lipinski definition) is 3. The van der Waals surface area contributed by atoms with E-state index in [9.17, 15) is 0 Å². The molecule has 0 amide bonds. The van der Waals surface area contributed by atoms with Crippen LogP contribution in [0.3, 0.4) is 0 Å². The minimum atomic E-state index is -0.841. The van der Waals surface area contributed by atoms with Gasteiger partial charge in [0.15, 0.2) is 11.5 Å². The highest BCUT2D eigenvalue weighted by atomic mass is 16.6. The first-order valence-electron chi connectivity index (χ1n) is 5.35. The summed E-state index contributed by atoms with van der Waals surface area (Å²) < 4.78 is 40.2. The van der Waals surface area contributed by atoms with Crippen LogP contribution in [0.25, 0.3) is 0 Å². The quantitative estimate of drug-likeness (QED) is 0.582. The number of para-hydroxylation sites is 2. The van der Waals surface area contributed by atoms with Gasteiger partial charge in [-0.1, -0.05) is 12.1 Å². The molecule has 3 nitrogen and oxygen atoms in total. The third kappa shape index (κ3) is 1.08. The number of ether oxygens (including phenoxy) is 2. The molecule has 2 rings (SSSR count). The fourth-order valence-electron chi connectivity index (χ4n) is 0.873. The van der Waals surface area contributed by atoms with Gasteiger partial charge in [0.05, 0.1) is 5.48 Å². The van der Waals surface area contributed by atoms with Gasteiger partial charge in [-0.3, -0.25) is 0 Å². The summed E-state index contributed by atoms with van der Waals surface area (Å²) in [6, 6.07) is 0.448. The van der Waals surface area contributed by atoms with Crippen LogP contribution in [0.1, 0.15) is 5.48 Å². The number of nitrogens with zero attached hydrogens (tertiary/aromatic N) is 1. The number of rotatable bonds is 0. The van der Waals surface area contributed by atoms with Gasteiger partial charge in [0.2, 0.25) is 6.10 Å². The van der Waals surface area contributed by atoms with Gasteiger partial charge in [0.1, 0.15) is 12.7 Å². The van der Waals surface area contributed by atoms with Crippen molar-refractivity contribution in [2.45, 2.75) is 6.10 Å². The molecule has 1 aliphatic rings. The summed E-state index contributed by atoms with van der Waals surface area (Å²) in [5.74, 6) is -0.124. The second kappa shape index (κ2) is 2.74. The lowest BCUT2D eigenvalue weighted by Gasteiger charge is -2.21. The van der Waals surface area contributed by atoms with Crippen LogP contribution in [0.4, 0.5) is 0 Å². The fraction of sp³-hybridized carbons (Fsp3) is 0.222. The lowest BCUT2D eigenvalue weighted by molar-refractivity contribution is 0.127. The molecule has 12 heavy (non-hydrogen) atoms. The summed E-state index contributed by atoms with van der Waals surface area (Å²) in [5, 5.41) is 8.65. The van der Waals surface area contributed by atoms with Crippen LogP contribution in [0.15, 0.2) is 24.2 Å². The molecule has 1 aromatic rings. The molecule has 0 spiro atoms. The molecule has 1 heterocycles. The Bertz CT molecular complexity index is 498. The molecule has 0 fully saturated rings. The highest BCUT2D eigenvalue weighted by Gasteiger charge is 2.18. The molecule has 0 radical (unpaired) electrons. The fourth-order valence-corrected chi connectivity index (χ4v) is 0.873. The molecule has 3 heteroatoms. The predicted octanol–water partition coefficient (Wildman–Crippen LogP) is 1.35. The monoisotopic (exact) mass is 165 g/mol. The van der Waals surface area contributed by atoms with Crippen LogP contribution in [0.2, 0.25) is 0 Å². The molecule has 1 aromatic carbocycles. The zero-order valence-electron chi connectivity index (χ0n) is 10.0. The van der Waals surface area contributed by atoms with Crippen molar-refractivity contribution >= 4 is 0 Å². The average molecular weight is 165 g/mol. The largest absolute Gasteiger partial charge is 0.485 e. The topological polar surface area (TPSA) is 42.2 Å². The van der Waals surface area contributed by atoms with Crippen molar-refractivity contribution in [2.24, 2.45) is 0 Å². The maximum Gasteiger partial charge on any atom is 0.218 e. The Labute approximate surface area is 75.8 Å². The van der Waals surface area contributed by atoms with E-state index in [1.165, 1.54) is 0 Å². The van der Waals surface area contributed by atoms with Crippen LogP contribution < -0.4 is 9.47 Å². The minimum Gasteiger partial charge on any atom is -0.485 e. The van der Waals surface area contributed by atoms with Gasteiger partial charge < -0.3 is 9.47 Å². The second-order valence-corrected chi connectivity index (χ2v) is 2.20. The maximum atomic E-state index is 8.65. The van der Waals surface area contributed by atoms with E-state index in [2.05, 4.69) is 0 Å². The van der Waals surface area contributed by atoms with Gasteiger partial charge in [0, 0.05) is 0 Å². The van der Waals surface area contributed by atoms with E-state index in [-0.39, 0.29) is 36.2 Å². The van der Waals surface area contributed by atoms with Gasteiger partial charge in [0.25, 0.3) is 0 Å². The van der Waals surface area contributed by atoms with Crippen LogP contribution >= 0.6 is 0 Å². The predicted molar refractivity (Wildman–Crippen MR) is 42.0 cm³/mol. The Morgan fingerprint density at radius 3 is 3.00 bits per heavy atom. The molecular weight excluding hydrogens is 154 g/mol. The van der Waals surface area contributed by atoms with Crippen molar-refractivity contribution in [3.8, 4) is 17.6 Å². The number of nitriles is 1. The van der Waals surface area contributed by atoms with Gasteiger partial charge in [-0.2, -0.15) is 5.26 Å². The van der Waals surface area contributed by atoms with Crippen molar-refractivity contribution in [2.75, 3.05) is 6.61 Å². The molecule has 0 aromatic heterocycles. The minimum absolute atomic E-state index is 0.0301. The van der Waals surface area contributed by atoms with E-state index < -0.39 is 12.1 Å². The summed E-state index contributed by atoms with van der Waals surface area (Å²) in [6.45, 7) is -0.0361. The smallest absolute Gasteiger partial charge is 0.218 e. The molecule has 0 N–H and O–H groups in total. The van der Waals surface area contributed by atoms with Crippen molar-refractivity contribution in [1.82, 2.24) is 0 Å². The Kier molecular flexibility index (Phi) is 0.871. The molecule has 1 aliphatic heterocycles. The summed E-state index contributed by atoms with van der Waals surface area (Å²) in [6.07, 6.45) is -0.841. The van der Waals surface area contributed by atoms with Crippen molar-refractivity contribution < 1.29 is 15.0 Å². The first-order valence-corrected chi connectivity index (χ1v) is 3.35. The van der Waals surface area contributed by atoms with Gasteiger partial charge in [-0.25, -0.2) is 0 Å². The van der Waals surface area contributed by atoms with Crippen molar-refractivity contribution in [3.05, 3.63) is 24.2 Å². The molecule has 0 bridgehead atoms. The number of benzene rings is 1. The van der Waals surface area contributed by atoms with Crippen molar-refractivity contribution in [3.63, 3.8) is 0 Å². The first-order chi connectivity index (χ1) is 7.56. The zero-order valence-corrected chi connectivity index (χ0v) is 6.05. The molecular formula is C9H7NO2. The van der Waals surface area contributed by atoms with Gasteiger partial charge in [-0.05, 0) is 12.1 Å². The molecule has 0 saturated heterocycles. The summed E-state index contributed by atoms with van der Waals surface area (Å²) in [7, 11) is 0. The van der Waals surface area contributed by atoms with E-state index in [0.29, 0.717) is 0 Å². The molecule has 60 valence electrons. The third-order valence-electron chi connectivity index (χ3n) is 1.40. The lowest BCUT2D eigenvalue weighted by Crippen LogP contribution is -2.27. The summed E-state index contributed by atoms with van der Waals surface area (Å²) in [5.41, 5.74) is 0. The highest BCUT2D eigenvalue weighted by molar-refractivity contribution is 5.41. The average Bonchev–Trinajstić information content (AvgIpc) is 2.33. The molecule has 1 atom stereocenters. The van der Waals surface area contributed by atoms with Crippen LogP contribution in [-0.2, 0) is 0 Å². The Morgan fingerprint density at radius 2 is 2.25 bits per heavy atom. The molecule has 0 saturated carbocycles. The number of fused-ring (bicyclic) bond motifs is 1. The Hall–Kier alpha value is -1.69.